The molecule has 1 aromatic carbocycles. The fourth-order valence-electron chi connectivity index (χ4n) is 1.63. The second-order valence-electron chi connectivity index (χ2n) is 4.03. The third-order valence-corrected chi connectivity index (χ3v) is 3.64. The molecule has 0 aliphatic rings. The average molecular weight is 263 g/mol. The molecule has 4 nitrogen and oxygen atoms in total. The molecule has 0 saturated carbocycles. The van der Waals surface area contributed by atoms with Crippen LogP contribution in [0.2, 0.25) is 0 Å². The molecule has 0 radical (unpaired) electrons. The molecule has 1 heterocycles. The number of hydrogen-bond acceptors (Lipinski definition) is 3. The molecule has 5 heteroatoms. The lowest BCUT2D eigenvalue weighted by Crippen LogP contribution is -2.25. The number of benzene rings is 1. The van der Waals surface area contributed by atoms with Crippen LogP contribution in [0.3, 0.4) is 0 Å². The molecule has 0 bridgehead atoms. The van der Waals surface area contributed by atoms with Gasteiger partial charge in [0.1, 0.15) is 5.82 Å². The van der Waals surface area contributed by atoms with Crippen molar-refractivity contribution in [2.75, 3.05) is 11.5 Å². The van der Waals surface area contributed by atoms with Gasteiger partial charge < -0.3 is 10.3 Å². The number of rotatable bonds is 6. The molecule has 0 aliphatic heterocycles. The van der Waals surface area contributed by atoms with E-state index < -0.39 is 0 Å². The molecule has 18 heavy (non-hydrogen) atoms. The number of H-pyrrole nitrogens is 1. The Bertz CT molecular complexity index is 491. The summed E-state index contributed by atoms with van der Waals surface area (Å²) in [4.78, 5) is 19.1. The van der Waals surface area contributed by atoms with Crippen LogP contribution in [0.1, 0.15) is 19.2 Å². The molecular formula is C13H17N3OS. The average Bonchev–Trinajstić information content (AvgIpc) is 2.79. The monoisotopic (exact) mass is 263 g/mol. The van der Waals surface area contributed by atoms with Crippen molar-refractivity contribution in [3.8, 4) is 0 Å². The lowest BCUT2D eigenvalue weighted by Gasteiger charge is -2.02. The van der Waals surface area contributed by atoms with Gasteiger partial charge in [0.25, 0.3) is 0 Å². The van der Waals surface area contributed by atoms with E-state index in [1.807, 2.05) is 24.3 Å². The van der Waals surface area contributed by atoms with Crippen molar-refractivity contribution in [3.63, 3.8) is 0 Å². The Kier molecular flexibility index (Phi) is 4.64. The SMILES string of the molecule is CCCSCC(=O)NCc1nc2ccccc2[nH]1. The van der Waals surface area contributed by atoms with Gasteiger partial charge in [-0.1, -0.05) is 19.1 Å². The van der Waals surface area contributed by atoms with E-state index in [2.05, 4.69) is 22.2 Å². The first-order valence-electron chi connectivity index (χ1n) is 6.07. The van der Waals surface area contributed by atoms with Gasteiger partial charge in [-0.15, -0.1) is 0 Å². The van der Waals surface area contributed by atoms with Crippen molar-refractivity contribution in [1.82, 2.24) is 15.3 Å². The number of imidazole rings is 1. The van der Waals surface area contributed by atoms with Gasteiger partial charge in [0.15, 0.2) is 0 Å². The van der Waals surface area contributed by atoms with Crippen molar-refractivity contribution in [2.24, 2.45) is 0 Å². The smallest absolute Gasteiger partial charge is 0.230 e. The summed E-state index contributed by atoms with van der Waals surface area (Å²) in [5.74, 6) is 2.41. The highest BCUT2D eigenvalue weighted by molar-refractivity contribution is 7.99. The lowest BCUT2D eigenvalue weighted by molar-refractivity contribution is -0.118. The summed E-state index contributed by atoms with van der Waals surface area (Å²) in [7, 11) is 0. The van der Waals surface area contributed by atoms with Crippen LogP contribution in [0, 0.1) is 0 Å². The van der Waals surface area contributed by atoms with Gasteiger partial charge in [0.2, 0.25) is 5.91 Å². The zero-order valence-corrected chi connectivity index (χ0v) is 11.2. The summed E-state index contributed by atoms with van der Waals surface area (Å²) in [6, 6.07) is 7.84. The Balaban J connectivity index is 1.84. The van der Waals surface area contributed by atoms with E-state index in [1.165, 1.54) is 0 Å². The number of fused-ring (bicyclic) bond motifs is 1. The van der Waals surface area contributed by atoms with Gasteiger partial charge in [0.05, 0.1) is 23.3 Å². The van der Waals surface area contributed by atoms with Crippen LogP contribution in [0.4, 0.5) is 0 Å². The van der Waals surface area contributed by atoms with Crippen molar-refractivity contribution >= 4 is 28.7 Å². The van der Waals surface area contributed by atoms with Crippen LogP contribution < -0.4 is 5.32 Å². The fraction of sp³-hybridized carbons (Fsp3) is 0.385. The minimum atomic E-state index is 0.0638. The normalized spacial score (nSPS) is 10.7. The predicted molar refractivity (Wildman–Crippen MR) is 75.6 cm³/mol. The van der Waals surface area contributed by atoms with Crippen LogP contribution in [-0.4, -0.2) is 27.4 Å². The lowest BCUT2D eigenvalue weighted by atomic mass is 10.3. The van der Waals surface area contributed by atoms with Gasteiger partial charge in [0, 0.05) is 0 Å². The number of hydrogen-bond donors (Lipinski definition) is 2. The van der Waals surface area contributed by atoms with E-state index in [0.29, 0.717) is 12.3 Å². The third kappa shape index (κ3) is 3.50. The van der Waals surface area contributed by atoms with Gasteiger partial charge in [-0.2, -0.15) is 11.8 Å². The molecule has 0 saturated heterocycles. The number of para-hydroxylation sites is 2. The Morgan fingerprint density at radius 2 is 2.28 bits per heavy atom. The Morgan fingerprint density at radius 3 is 3.06 bits per heavy atom. The number of nitrogens with zero attached hydrogens (tertiary/aromatic N) is 1. The zero-order chi connectivity index (χ0) is 12.8. The highest BCUT2D eigenvalue weighted by Gasteiger charge is 2.04. The molecule has 2 N–H and O–H groups in total. The van der Waals surface area contributed by atoms with Crippen LogP contribution in [0.15, 0.2) is 24.3 Å². The second-order valence-corrected chi connectivity index (χ2v) is 5.14. The van der Waals surface area contributed by atoms with E-state index in [-0.39, 0.29) is 5.91 Å². The van der Waals surface area contributed by atoms with Gasteiger partial charge in [-0.05, 0) is 24.3 Å². The molecule has 1 aromatic heterocycles. The van der Waals surface area contributed by atoms with Crippen LogP contribution in [0.25, 0.3) is 11.0 Å². The van der Waals surface area contributed by atoms with Crippen LogP contribution in [0.5, 0.6) is 0 Å². The van der Waals surface area contributed by atoms with E-state index in [0.717, 1.165) is 29.0 Å². The first kappa shape index (κ1) is 13.0. The van der Waals surface area contributed by atoms with E-state index >= 15 is 0 Å². The van der Waals surface area contributed by atoms with Crippen molar-refractivity contribution in [3.05, 3.63) is 30.1 Å². The predicted octanol–water partition coefficient (Wildman–Crippen LogP) is 2.32. The summed E-state index contributed by atoms with van der Waals surface area (Å²) < 4.78 is 0. The Hall–Kier alpha value is -1.49. The molecule has 0 fully saturated rings. The highest BCUT2D eigenvalue weighted by Crippen LogP contribution is 2.10. The Labute approximate surface area is 111 Å². The third-order valence-electron chi connectivity index (χ3n) is 2.47. The van der Waals surface area contributed by atoms with E-state index in [1.54, 1.807) is 11.8 Å². The number of carbonyl (C=O) groups is 1. The molecular weight excluding hydrogens is 246 g/mol. The van der Waals surface area contributed by atoms with Crippen LogP contribution >= 0.6 is 11.8 Å². The maximum absolute atomic E-state index is 11.5. The van der Waals surface area contributed by atoms with Crippen molar-refractivity contribution in [2.45, 2.75) is 19.9 Å². The maximum atomic E-state index is 11.5. The largest absolute Gasteiger partial charge is 0.348 e. The fourth-order valence-corrected chi connectivity index (χ4v) is 2.35. The molecule has 0 unspecified atom stereocenters. The molecule has 2 aromatic rings. The first-order valence-corrected chi connectivity index (χ1v) is 7.23. The number of nitrogens with one attached hydrogen (secondary N) is 2. The molecule has 2 rings (SSSR count). The summed E-state index contributed by atoms with van der Waals surface area (Å²) in [5, 5.41) is 2.87. The second kappa shape index (κ2) is 6.44. The molecule has 0 spiro atoms. The van der Waals surface area contributed by atoms with Crippen LogP contribution in [-0.2, 0) is 11.3 Å². The minimum absolute atomic E-state index is 0.0638. The molecule has 1 amide bonds. The topological polar surface area (TPSA) is 57.8 Å². The Morgan fingerprint density at radius 1 is 1.44 bits per heavy atom. The van der Waals surface area contributed by atoms with Gasteiger partial charge >= 0.3 is 0 Å². The first-order chi connectivity index (χ1) is 8.79. The van der Waals surface area contributed by atoms with Gasteiger partial charge in [-0.25, -0.2) is 4.98 Å². The van der Waals surface area contributed by atoms with E-state index in [4.69, 9.17) is 0 Å². The summed E-state index contributed by atoms with van der Waals surface area (Å²) in [6.07, 6.45) is 1.10. The van der Waals surface area contributed by atoms with Gasteiger partial charge in [-0.3, -0.25) is 4.79 Å². The number of aromatic nitrogens is 2. The summed E-state index contributed by atoms with van der Waals surface area (Å²) >= 11 is 1.66. The van der Waals surface area contributed by atoms with Crippen molar-refractivity contribution in [1.29, 1.82) is 0 Å². The quantitative estimate of drug-likeness (QED) is 0.786. The number of amides is 1. The van der Waals surface area contributed by atoms with E-state index in [9.17, 15) is 4.79 Å². The summed E-state index contributed by atoms with van der Waals surface area (Å²) in [6.45, 7) is 2.57. The zero-order valence-electron chi connectivity index (χ0n) is 10.4. The maximum Gasteiger partial charge on any atom is 0.230 e. The molecule has 0 aliphatic carbocycles. The number of carbonyl (C=O) groups excluding carboxylic acids is 1. The molecule has 0 atom stereocenters. The number of thioether (sulfide) groups is 1. The minimum Gasteiger partial charge on any atom is -0.348 e. The standard InChI is InChI=1S/C13H17N3OS/c1-2-7-18-9-13(17)14-8-12-15-10-5-3-4-6-11(10)16-12/h3-6H,2,7-9H2,1H3,(H,14,17)(H,15,16). The number of aromatic amines is 1. The highest BCUT2D eigenvalue weighted by atomic mass is 32.2. The summed E-state index contributed by atoms with van der Waals surface area (Å²) in [5.41, 5.74) is 1.93. The van der Waals surface area contributed by atoms with Crippen molar-refractivity contribution < 1.29 is 4.79 Å². The molecule has 96 valence electrons.